The van der Waals surface area contributed by atoms with Crippen LogP contribution in [-0.4, -0.2) is 41.2 Å². The average molecular weight is 363 g/mol. The summed E-state index contributed by atoms with van der Waals surface area (Å²) in [5.41, 5.74) is 6.68. The minimum absolute atomic E-state index is 0.0143. The molecule has 0 heterocycles. The molecule has 0 aromatic heterocycles. The highest BCUT2D eigenvalue weighted by molar-refractivity contribution is 5.91. The van der Waals surface area contributed by atoms with E-state index in [9.17, 15) is 19.5 Å². The number of hydrogen-bond donors (Lipinski definition) is 4. The van der Waals surface area contributed by atoms with Crippen LogP contribution in [0.5, 0.6) is 0 Å². The van der Waals surface area contributed by atoms with Gasteiger partial charge in [0.05, 0.1) is 6.10 Å². The van der Waals surface area contributed by atoms with Gasteiger partial charge in [-0.3, -0.25) is 9.59 Å². The summed E-state index contributed by atoms with van der Waals surface area (Å²) >= 11 is 0. The molecule has 142 valence electrons. The number of carbonyl (C=O) groups excluding carboxylic acids is 3. The second-order valence-electron chi connectivity index (χ2n) is 6.05. The fraction of sp³-hybridized carbons (Fsp3) is 0.389. The maximum atomic E-state index is 12.3. The Labute approximate surface area is 152 Å². The van der Waals surface area contributed by atoms with Crippen LogP contribution in [0.2, 0.25) is 0 Å². The van der Waals surface area contributed by atoms with Crippen molar-refractivity contribution in [2.75, 3.05) is 0 Å². The molecule has 0 spiro atoms. The Morgan fingerprint density at radius 2 is 1.85 bits per heavy atom. The van der Waals surface area contributed by atoms with Crippen LogP contribution in [0.1, 0.15) is 25.8 Å². The molecule has 0 aliphatic carbocycles. The number of nitrogens with two attached hydrogens (primary N) is 1. The van der Waals surface area contributed by atoms with Gasteiger partial charge in [-0.15, -0.1) is 6.58 Å². The summed E-state index contributed by atoms with van der Waals surface area (Å²) in [6, 6.07) is 6.70. The number of aliphatic hydroxyl groups excluding tert-OH is 1. The van der Waals surface area contributed by atoms with Crippen LogP contribution in [0.25, 0.3) is 0 Å². The molecule has 0 aliphatic rings. The SMILES string of the molecule is C=C(C)C[C@@H](NC(=O)[C@@H](NC(=O)OCc1ccccc1)[C@@H](C)O)C(N)=O. The molecule has 5 N–H and O–H groups in total. The highest BCUT2D eigenvalue weighted by atomic mass is 16.5. The Morgan fingerprint density at radius 3 is 2.35 bits per heavy atom. The Morgan fingerprint density at radius 1 is 1.23 bits per heavy atom. The van der Waals surface area contributed by atoms with Crippen LogP contribution in [0.15, 0.2) is 42.5 Å². The number of rotatable bonds is 9. The first-order valence-electron chi connectivity index (χ1n) is 8.10. The lowest BCUT2D eigenvalue weighted by Gasteiger charge is -2.23. The summed E-state index contributed by atoms with van der Waals surface area (Å²) in [4.78, 5) is 35.7. The molecule has 1 rings (SSSR count). The lowest BCUT2D eigenvalue weighted by Crippen LogP contribution is -2.56. The van der Waals surface area contributed by atoms with Crippen molar-refractivity contribution < 1.29 is 24.2 Å². The molecule has 8 nitrogen and oxygen atoms in total. The number of primary amides is 1. The number of alkyl carbamates (subject to hydrolysis) is 1. The summed E-state index contributed by atoms with van der Waals surface area (Å²) in [5.74, 6) is -1.49. The van der Waals surface area contributed by atoms with Crippen LogP contribution in [0, 0.1) is 0 Å². The second-order valence-corrected chi connectivity index (χ2v) is 6.05. The van der Waals surface area contributed by atoms with Gasteiger partial charge in [-0.1, -0.05) is 35.9 Å². The third-order valence-corrected chi connectivity index (χ3v) is 3.46. The van der Waals surface area contributed by atoms with Gasteiger partial charge in [-0.25, -0.2) is 4.79 Å². The third-order valence-electron chi connectivity index (χ3n) is 3.46. The van der Waals surface area contributed by atoms with E-state index in [4.69, 9.17) is 10.5 Å². The van der Waals surface area contributed by atoms with Crippen molar-refractivity contribution in [3.05, 3.63) is 48.0 Å². The largest absolute Gasteiger partial charge is 0.445 e. The molecular formula is C18H25N3O5. The monoisotopic (exact) mass is 363 g/mol. The van der Waals surface area contributed by atoms with Crippen molar-refractivity contribution in [1.82, 2.24) is 10.6 Å². The molecular weight excluding hydrogens is 338 g/mol. The zero-order valence-electron chi connectivity index (χ0n) is 14.9. The van der Waals surface area contributed by atoms with Crippen LogP contribution in [-0.2, 0) is 20.9 Å². The summed E-state index contributed by atoms with van der Waals surface area (Å²) in [7, 11) is 0. The van der Waals surface area contributed by atoms with Gasteiger partial charge in [0.1, 0.15) is 18.7 Å². The van der Waals surface area contributed by atoms with Crippen LogP contribution < -0.4 is 16.4 Å². The van der Waals surface area contributed by atoms with Crippen molar-refractivity contribution in [3.63, 3.8) is 0 Å². The molecule has 3 atom stereocenters. The van der Waals surface area contributed by atoms with Gasteiger partial charge in [0.2, 0.25) is 11.8 Å². The quantitative estimate of drug-likeness (QED) is 0.477. The van der Waals surface area contributed by atoms with Gasteiger partial charge >= 0.3 is 6.09 Å². The first-order chi connectivity index (χ1) is 12.2. The molecule has 0 saturated carbocycles. The maximum absolute atomic E-state index is 12.3. The zero-order valence-corrected chi connectivity index (χ0v) is 14.9. The van der Waals surface area contributed by atoms with Gasteiger partial charge in [-0.2, -0.15) is 0 Å². The van der Waals surface area contributed by atoms with E-state index in [2.05, 4.69) is 17.2 Å². The van der Waals surface area contributed by atoms with E-state index in [-0.39, 0.29) is 13.0 Å². The molecule has 26 heavy (non-hydrogen) atoms. The number of hydrogen-bond acceptors (Lipinski definition) is 5. The molecule has 0 fully saturated rings. The summed E-state index contributed by atoms with van der Waals surface area (Å²) in [5, 5.41) is 14.5. The molecule has 0 unspecified atom stereocenters. The van der Waals surface area contributed by atoms with Crippen molar-refractivity contribution in [1.29, 1.82) is 0 Å². The molecule has 0 saturated heterocycles. The number of ether oxygens (including phenoxy) is 1. The molecule has 8 heteroatoms. The standard InChI is InChI=1S/C18H25N3O5/c1-11(2)9-14(16(19)23)20-17(24)15(12(3)22)21-18(25)26-10-13-7-5-4-6-8-13/h4-8,12,14-15,22H,1,9-10H2,2-3H3,(H2,19,23)(H,20,24)(H,21,25)/t12-,14-,15+/m1/s1. The minimum atomic E-state index is -1.30. The van der Waals surface area contributed by atoms with Crippen molar-refractivity contribution in [2.24, 2.45) is 5.73 Å². The third kappa shape index (κ3) is 7.35. The fourth-order valence-electron chi connectivity index (χ4n) is 2.13. The van der Waals surface area contributed by atoms with E-state index in [1.165, 1.54) is 6.92 Å². The molecule has 0 radical (unpaired) electrons. The van der Waals surface area contributed by atoms with E-state index >= 15 is 0 Å². The molecule has 0 bridgehead atoms. The van der Waals surface area contributed by atoms with Crippen molar-refractivity contribution in [3.8, 4) is 0 Å². The Hall–Kier alpha value is -2.87. The summed E-state index contributed by atoms with van der Waals surface area (Å²) in [6.45, 7) is 6.70. The van der Waals surface area contributed by atoms with E-state index in [1.807, 2.05) is 6.07 Å². The Bertz CT molecular complexity index is 645. The molecule has 1 aromatic rings. The van der Waals surface area contributed by atoms with Crippen molar-refractivity contribution >= 4 is 17.9 Å². The van der Waals surface area contributed by atoms with Crippen LogP contribution in [0.3, 0.4) is 0 Å². The van der Waals surface area contributed by atoms with E-state index in [0.717, 1.165) is 5.56 Å². The summed E-state index contributed by atoms with van der Waals surface area (Å²) in [6.07, 6.45) is -1.92. The Balaban J connectivity index is 2.65. The number of benzene rings is 1. The predicted molar refractivity (Wildman–Crippen MR) is 95.8 cm³/mol. The normalized spacial score (nSPS) is 13.8. The van der Waals surface area contributed by atoms with E-state index < -0.39 is 36.1 Å². The number of nitrogens with one attached hydrogen (secondary N) is 2. The van der Waals surface area contributed by atoms with E-state index in [0.29, 0.717) is 5.57 Å². The molecule has 3 amide bonds. The Kier molecular flexibility index (Phi) is 8.30. The number of carbonyl (C=O) groups is 3. The summed E-state index contributed by atoms with van der Waals surface area (Å²) < 4.78 is 5.03. The van der Waals surface area contributed by atoms with Gasteiger partial charge in [-0.05, 0) is 25.8 Å². The van der Waals surface area contributed by atoms with Gasteiger partial charge in [0.25, 0.3) is 0 Å². The van der Waals surface area contributed by atoms with Crippen LogP contribution >= 0.6 is 0 Å². The second kappa shape index (κ2) is 10.2. The lowest BCUT2D eigenvalue weighted by molar-refractivity contribution is -0.130. The first kappa shape index (κ1) is 21.2. The highest BCUT2D eigenvalue weighted by Crippen LogP contribution is 2.04. The molecule has 1 aromatic carbocycles. The number of amides is 3. The smallest absolute Gasteiger partial charge is 0.408 e. The average Bonchev–Trinajstić information content (AvgIpc) is 2.57. The van der Waals surface area contributed by atoms with Gasteiger partial charge in [0, 0.05) is 0 Å². The van der Waals surface area contributed by atoms with E-state index in [1.54, 1.807) is 31.2 Å². The maximum Gasteiger partial charge on any atom is 0.408 e. The predicted octanol–water partition coefficient (Wildman–Crippen LogP) is 0.599. The van der Waals surface area contributed by atoms with Crippen LogP contribution in [0.4, 0.5) is 4.79 Å². The van der Waals surface area contributed by atoms with Gasteiger partial charge < -0.3 is 26.2 Å². The first-order valence-corrected chi connectivity index (χ1v) is 8.10. The highest BCUT2D eigenvalue weighted by Gasteiger charge is 2.29. The fourth-order valence-corrected chi connectivity index (χ4v) is 2.13. The van der Waals surface area contributed by atoms with Gasteiger partial charge in [0.15, 0.2) is 0 Å². The number of aliphatic hydroxyl groups is 1. The minimum Gasteiger partial charge on any atom is -0.445 e. The lowest BCUT2D eigenvalue weighted by atomic mass is 10.1. The zero-order chi connectivity index (χ0) is 19.7. The molecule has 0 aliphatic heterocycles. The van der Waals surface area contributed by atoms with Crippen molar-refractivity contribution in [2.45, 2.75) is 45.1 Å². The topological polar surface area (TPSA) is 131 Å².